The lowest BCUT2D eigenvalue weighted by Crippen LogP contribution is -2.32. The van der Waals surface area contributed by atoms with Crippen LogP contribution in [0.15, 0.2) is 48.5 Å². The Kier molecular flexibility index (Phi) is 9.60. The number of nitrogens with zero attached hydrogens (tertiary/aromatic N) is 3. The number of hydrogen-bond donors (Lipinski definition) is 0. The number of halogens is 6. The van der Waals surface area contributed by atoms with Gasteiger partial charge in [0.1, 0.15) is 17.7 Å². The van der Waals surface area contributed by atoms with Crippen LogP contribution < -0.4 is 9.64 Å². The molecule has 0 unspecified atom stereocenters. The van der Waals surface area contributed by atoms with Gasteiger partial charge in [0.25, 0.3) is 0 Å². The maximum Gasteiger partial charge on any atom is 0.416 e. The lowest BCUT2D eigenvalue weighted by atomic mass is 9.96. The molecule has 3 heterocycles. The molecule has 0 N–H and O–H groups in total. The number of aryl methyl sites for hydroxylation is 1. The van der Waals surface area contributed by atoms with Gasteiger partial charge in [0.2, 0.25) is 0 Å². The van der Waals surface area contributed by atoms with Crippen molar-refractivity contribution in [1.29, 1.82) is 0 Å². The molecule has 252 valence electrons. The first kappa shape index (κ1) is 33.9. The van der Waals surface area contributed by atoms with Crippen molar-refractivity contribution in [3.05, 3.63) is 76.5 Å². The van der Waals surface area contributed by atoms with Crippen LogP contribution >= 0.6 is 0 Å². The van der Waals surface area contributed by atoms with Crippen molar-refractivity contribution in [2.45, 2.75) is 63.7 Å². The highest BCUT2D eigenvalue weighted by molar-refractivity contribution is 5.76. The largest absolute Gasteiger partial charge is 0.496 e. The number of esters is 1. The van der Waals surface area contributed by atoms with Crippen LogP contribution in [0, 0.1) is 0 Å². The molecule has 2 aliphatic heterocycles. The third kappa shape index (κ3) is 7.41. The van der Waals surface area contributed by atoms with E-state index in [9.17, 15) is 35.9 Å². The quantitative estimate of drug-likeness (QED) is 0.172. The van der Waals surface area contributed by atoms with Crippen molar-refractivity contribution in [3.8, 4) is 16.9 Å². The normalized spacial score (nSPS) is 18.4. The average Bonchev–Trinajstić information content (AvgIpc) is 3.67. The Morgan fingerprint density at radius 3 is 2.19 bits per heavy atom. The van der Waals surface area contributed by atoms with Gasteiger partial charge < -0.3 is 19.1 Å². The van der Waals surface area contributed by atoms with Crippen molar-refractivity contribution in [1.82, 2.24) is 9.88 Å². The number of pyridine rings is 1. The van der Waals surface area contributed by atoms with E-state index in [0.717, 1.165) is 31.5 Å². The van der Waals surface area contributed by atoms with Crippen molar-refractivity contribution in [3.63, 3.8) is 0 Å². The predicted molar refractivity (Wildman–Crippen MR) is 159 cm³/mol. The molecule has 1 amide bonds. The van der Waals surface area contributed by atoms with Crippen molar-refractivity contribution in [2.24, 2.45) is 0 Å². The minimum atomic E-state index is -5.05. The maximum atomic E-state index is 13.6. The Morgan fingerprint density at radius 2 is 1.60 bits per heavy atom. The molecule has 2 atom stereocenters. The molecule has 0 aliphatic carbocycles. The number of methoxy groups -OCH3 is 2. The number of benzene rings is 2. The van der Waals surface area contributed by atoms with Gasteiger partial charge in [-0.3, -0.25) is 9.69 Å². The Balaban J connectivity index is 1.53. The van der Waals surface area contributed by atoms with Crippen LogP contribution in [0.4, 0.5) is 37.0 Å². The number of hydrogen-bond acceptors (Lipinski definition) is 7. The van der Waals surface area contributed by atoms with E-state index < -0.39 is 47.3 Å². The third-order valence-corrected chi connectivity index (χ3v) is 8.44. The minimum absolute atomic E-state index is 0.0371. The van der Waals surface area contributed by atoms with E-state index in [2.05, 4.69) is 4.90 Å². The number of amides is 1. The molecule has 3 aromatic rings. The molecule has 0 radical (unpaired) electrons. The molecular formula is C33H33F6N3O5. The van der Waals surface area contributed by atoms with Gasteiger partial charge in [-0.05, 0) is 79.8 Å². The van der Waals surface area contributed by atoms with Gasteiger partial charge in [-0.2, -0.15) is 26.3 Å². The van der Waals surface area contributed by atoms with Gasteiger partial charge >= 0.3 is 24.4 Å². The number of rotatable bonds is 9. The first-order valence-corrected chi connectivity index (χ1v) is 14.9. The van der Waals surface area contributed by atoms with Crippen molar-refractivity contribution >= 4 is 17.9 Å². The standard InChI is InChI=1S/C33H33F6N3O5/c1-19-30(21-15-22(32(34,35)36)17-23(16-21)33(37,38)39)47-31(44)42(19)18-26-24(8-10-28(40-26)41-12-4-5-13-41)25-14-20(6-9-27(25)45-2)7-11-29(43)46-3/h6,8-10,14-17,19,30H,4-5,7,11-13,18H2,1-3H3/t19-,30-/m0/s1. The van der Waals surface area contributed by atoms with Crippen LogP contribution in [0.3, 0.4) is 0 Å². The second-order valence-corrected chi connectivity index (χ2v) is 11.5. The smallest absolute Gasteiger partial charge is 0.416 e. The number of ether oxygens (including phenoxy) is 3. The Bertz CT molecular complexity index is 1610. The molecule has 1 aromatic heterocycles. The second-order valence-electron chi connectivity index (χ2n) is 11.5. The van der Waals surface area contributed by atoms with Crippen LogP contribution in [0.5, 0.6) is 5.75 Å². The van der Waals surface area contributed by atoms with Gasteiger partial charge in [0.15, 0.2) is 0 Å². The highest BCUT2D eigenvalue weighted by atomic mass is 19.4. The number of carbonyl (C=O) groups is 2. The summed E-state index contributed by atoms with van der Waals surface area (Å²) < 4.78 is 97.4. The molecule has 2 saturated heterocycles. The highest BCUT2D eigenvalue weighted by Gasteiger charge is 2.43. The van der Waals surface area contributed by atoms with Gasteiger partial charge in [0, 0.05) is 30.6 Å². The molecule has 47 heavy (non-hydrogen) atoms. The van der Waals surface area contributed by atoms with E-state index in [4.69, 9.17) is 19.2 Å². The maximum absolute atomic E-state index is 13.6. The van der Waals surface area contributed by atoms with Gasteiger partial charge in [-0.25, -0.2) is 9.78 Å². The number of aromatic nitrogens is 1. The monoisotopic (exact) mass is 665 g/mol. The first-order valence-electron chi connectivity index (χ1n) is 14.9. The zero-order valence-corrected chi connectivity index (χ0v) is 25.9. The minimum Gasteiger partial charge on any atom is -0.496 e. The van der Waals surface area contributed by atoms with E-state index in [1.165, 1.54) is 26.0 Å². The third-order valence-electron chi connectivity index (χ3n) is 8.44. The summed E-state index contributed by atoms with van der Waals surface area (Å²) >= 11 is 0. The topological polar surface area (TPSA) is 81.2 Å². The second kappa shape index (κ2) is 13.3. The number of anilines is 1. The molecular weight excluding hydrogens is 632 g/mol. The fourth-order valence-electron chi connectivity index (χ4n) is 5.91. The van der Waals surface area contributed by atoms with Gasteiger partial charge in [-0.1, -0.05) is 6.07 Å². The fourth-order valence-corrected chi connectivity index (χ4v) is 5.91. The summed E-state index contributed by atoms with van der Waals surface area (Å²) in [5.41, 5.74) is -0.978. The van der Waals surface area contributed by atoms with E-state index in [0.29, 0.717) is 46.9 Å². The van der Waals surface area contributed by atoms with E-state index in [1.807, 2.05) is 24.3 Å². The SMILES string of the molecule is COC(=O)CCc1ccc(OC)c(-c2ccc(N3CCCC3)nc2CN2C(=O)O[C@H](c3cc(C(F)(F)F)cc(C(F)(F)F)c3)[C@@H]2C)c1. The molecule has 0 saturated carbocycles. The van der Waals surface area contributed by atoms with Crippen LogP contribution in [0.2, 0.25) is 0 Å². The summed E-state index contributed by atoms with van der Waals surface area (Å²) in [6.45, 7) is 2.90. The Labute approximate surface area is 267 Å². The van der Waals surface area contributed by atoms with E-state index in [1.54, 1.807) is 6.07 Å². The van der Waals surface area contributed by atoms with Crippen LogP contribution in [0.25, 0.3) is 11.1 Å². The molecule has 8 nitrogen and oxygen atoms in total. The van der Waals surface area contributed by atoms with Crippen molar-refractivity contribution < 1.29 is 50.1 Å². The molecule has 2 aliphatic rings. The van der Waals surface area contributed by atoms with Crippen LogP contribution in [-0.2, 0) is 39.6 Å². The zero-order chi connectivity index (χ0) is 34.1. The van der Waals surface area contributed by atoms with Crippen molar-refractivity contribution in [2.75, 3.05) is 32.2 Å². The van der Waals surface area contributed by atoms with Gasteiger partial charge in [-0.15, -0.1) is 0 Å². The van der Waals surface area contributed by atoms with Crippen LogP contribution in [-0.4, -0.2) is 55.3 Å². The summed E-state index contributed by atoms with van der Waals surface area (Å²) in [6.07, 6.45) is -9.95. The first-order chi connectivity index (χ1) is 22.2. The fraction of sp³-hybridized carbons (Fsp3) is 0.424. The predicted octanol–water partition coefficient (Wildman–Crippen LogP) is 7.58. The molecule has 14 heteroatoms. The summed E-state index contributed by atoms with van der Waals surface area (Å²) in [7, 11) is 2.80. The highest BCUT2D eigenvalue weighted by Crippen LogP contribution is 2.42. The summed E-state index contributed by atoms with van der Waals surface area (Å²) in [5, 5.41) is 0. The summed E-state index contributed by atoms with van der Waals surface area (Å²) in [5.74, 6) is 0.771. The molecule has 0 spiro atoms. The lowest BCUT2D eigenvalue weighted by Gasteiger charge is -2.25. The number of carbonyl (C=O) groups excluding carboxylic acids is 2. The zero-order valence-electron chi connectivity index (χ0n) is 25.9. The molecule has 2 fully saturated rings. The average molecular weight is 666 g/mol. The Hall–Kier alpha value is -4.49. The Morgan fingerprint density at radius 1 is 0.936 bits per heavy atom. The lowest BCUT2D eigenvalue weighted by molar-refractivity contribution is -0.143. The molecule has 0 bridgehead atoms. The molecule has 5 rings (SSSR count). The summed E-state index contributed by atoms with van der Waals surface area (Å²) in [6, 6.07) is 9.32. The van der Waals surface area contributed by atoms with E-state index >= 15 is 0 Å². The molecule has 2 aromatic carbocycles. The summed E-state index contributed by atoms with van der Waals surface area (Å²) in [4.78, 5) is 33.2. The number of cyclic esters (lactones) is 1. The van der Waals surface area contributed by atoms with E-state index in [-0.39, 0.29) is 25.0 Å². The number of alkyl halides is 6. The van der Waals surface area contributed by atoms with Crippen LogP contribution in [0.1, 0.15) is 60.2 Å². The van der Waals surface area contributed by atoms with Gasteiger partial charge in [0.05, 0.1) is 43.6 Å².